The Bertz CT molecular complexity index is 766. The fourth-order valence-electron chi connectivity index (χ4n) is 1.98. The Hall–Kier alpha value is -2.61. The van der Waals surface area contributed by atoms with E-state index in [0.29, 0.717) is 21.7 Å². The smallest absolute Gasteiger partial charge is 0.259 e. The molecule has 0 fully saturated rings. The molecule has 132 valence electrons. The Morgan fingerprint density at radius 1 is 1.24 bits per heavy atom. The Labute approximate surface area is 153 Å². The van der Waals surface area contributed by atoms with Crippen molar-refractivity contribution >= 4 is 33.7 Å². The van der Waals surface area contributed by atoms with Crippen molar-refractivity contribution in [3.05, 3.63) is 52.3 Å². The van der Waals surface area contributed by atoms with Gasteiger partial charge in [0.25, 0.3) is 5.91 Å². The summed E-state index contributed by atoms with van der Waals surface area (Å²) in [4.78, 5) is 11.7. The number of rotatable bonds is 7. The van der Waals surface area contributed by atoms with E-state index in [2.05, 4.69) is 31.8 Å². The molecule has 0 aromatic heterocycles. The zero-order valence-corrected chi connectivity index (χ0v) is 15.3. The van der Waals surface area contributed by atoms with Gasteiger partial charge in [0.15, 0.2) is 11.5 Å². The number of benzene rings is 2. The lowest BCUT2D eigenvalue weighted by molar-refractivity contribution is -0.119. The predicted octanol–water partition coefficient (Wildman–Crippen LogP) is 3.17. The molecular weight excluding hydrogens is 393 g/mol. The van der Waals surface area contributed by atoms with E-state index in [-0.39, 0.29) is 18.3 Å². The molecule has 6 nitrogen and oxygen atoms in total. The number of hydrogen-bond donors (Lipinski definition) is 2. The van der Waals surface area contributed by atoms with Gasteiger partial charge in [-0.1, -0.05) is 0 Å². The minimum absolute atomic E-state index is 0.0125. The monoisotopic (exact) mass is 409 g/mol. The number of hydrazone groups is 1. The highest BCUT2D eigenvalue weighted by molar-refractivity contribution is 9.10. The molecule has 0 saturated heterocycles. The molecule has 25 heavy (non-hydrogen) atoms. The van der Waals surface area contributed by atoms with Gasteiger partial charge in [0.1, 0.15) is 5.82 Å². The molecule has 0 aliphatic heterocycles. The minimum Gasteiger partial charge on any atom is -0.493 e. The molecule has 0 saturated carbocycles. The average Bonchev–Trinajstić information content (AvgIpc) is 2.60. The van der Waals surface area contributed by atoms with Crippen molar-refractivity contribution in [2.45, 2.75) is 0 Å². The minimum atomic E-state index is -0.333. The summed E-state index contributed by atoms with van der Waals surface area (Å²) >= 11 is 3.38. The standard InChI is InChI=1S/C17H17BrFN3O3/c1-24-15-8-11(7-14(18)17(15)25-2)9-21-22-16(23)10-20-13-5-3-12(19)4-6-13/h3-9,20H,10H2,1-2H3,(H,22,23)/b21-9+. The summed E-state index contributed by atoms with van der Waals surface area (Å²) in [5.74, 6) is 0.454. The van der Waals surface area contributed by atoms with Crippen LogP contribution in [0.4, 0.5) is 10.1 Å². The molecule has 0 radical (unpaired) electrons. The zero-order chi connectivity index (χ0) is 18.2. The Kier molecular flexibility index (Phi) is 6.76. The summed E-state index contributed by atoms with van der Waals surface area (Å²) in [6.45, 7) is 0.0125. The maximum Gasteiger partial charge on any atom is 0.259 e. The third kappa shape index (κ3) is 5.46. The van der Waals surface area contributed by atoms with Gasteiger partial charge in [0.05, 0.1) is 31.5 Å². The normalized spacial score (nSPS) is 10.6. The summed E-state index contributed by atoms with van der Waals surface area (Å²) in [5.41, 5.74) is 3.77. The van der Waals surface area contributed by atoms with Crippen LogP contribution in [0.15, 0.2) is 46.0 Å². The molecule has 2 aromatic rings. The van der Waals surface area contributed by atoms with Gasteiger partial charge in [-0.05, 0) is 57.9 Å². The van der Waals surface area contributed by atoms with Crippen molar-refractivity contribution in [3.63, 3.8) is 0 Å². The second-order valence-corrected chi connectivity index (χ2v) is 5.75. The SMILES string of the molecule is COc1cc(/C=N/NC(=O)CNc2ccc(F)cc2)cc(Br)c1OC. The molecule has 2 rings (SSSR count). The third-order valence-electron chi connectivity index (χ3n) is 3.16. The number of ether oxygens (including phenoxy) is 2. The van der Waals surface area contributed by atoms with Gasteiger partial charge >= 0.3 is 0 Å². The van der Waals surface area contributed by atoms with Crippen LogP contribution in [0.1, 0.15) is 5.56 Å². The lowest BCUT2D eigenvalue weighted by atomic mass is 10.2. The largest absolute Gasteiger partial charge is 0.493 e. The number of nitrogens with one attached hydrogen (secondary N) is 2. The average molecular weight is 410 g/mol. The van der Waals surface area contributed by atoms with E-state index in [4.69, 9.17) is 9.47 Å². The van der Waals surface area contributed by atoms with Crippen LogP contribution in [0.3, 0.4) is 0 Å². The number of halogens is 2. The van der Waals surface area contributed by atoms with Gasteiger partial charge in [-0.25, -0.2) is 9.82 Å². The quantitative estimate of drug-likeness (QED) is 0.544. The first-order valence-corrected chi connectivity index (χ1v) is 8.05. The molecule has 0 heterocycles. The van der Waals surface area contributed by atoms with Crippen molar-refractivity contribution in [1.29, 1.82) is 0 Å². The number of amides is 1. The van der Waals surface area contributed by atoms with E-state index >= 15 is 0 Å². The first-order valence-electron chi connectivity index (χ1n) is 7.26. The van der Waals surface area contributed by atoms with Crippen LogP contribution in [-0.4, -0.2) is 32.9 Å². The number of methoxy groups -OCH3 is 2. The van der Waals surface area contributed by atoms with Crippen LogP contribution in [0.2, 0.25) is 0 Å². The molecule has 0 atom stereocenters. The third-order valence-corrected chi connectivity index (χ3v) is 3.75. The molecule has 2 N–H and O–H groups in total. The Balaban J connectivity index is 1.90. The Morgan fingerprint density at radius 3 is 2.60 bits per heavy atom. The zero-order valence-electron chi connectivity index (χ0n) is 13.7. The summed E-state index contributed by atoms with van der Waals surface area (Å²) in [6, 6.07) is 9.24. The second-order valence-electron chi connectivity index (χ2n) is 4.89. The van der Waals surface area contributed by atoms with Crippen molar-refractivity contribution in [1.82, 2.24) is 5.43 Å². The molecule has 2 aromatic carbocycles. The number of nitrogens with zero attached hydrogens (tertiary/aromatic N) is 1. The lowest BCUT2D eigenvalue weighted by Gasteiger charge is -2.10. The molecule has 8 heteroatoms. The number of carbonyl (C=O) groups excluding carboxylic acids is 1. The van der Waals surface area contributed by atoms with Crippen molar-refractivity contribution < 1.29 is 18.7 Å². The topological polar surface area (TPSA) is 72.0 Å². The van der Waals surface area contributed by atoms with E-state index in [1.54, 1.807) is 31.4 Å². The van der Waals surface area contributed by atoms with Crippen LogP contribution >= 0.6 is 15.9 Å². The number of carbonyl (C=O) groups is 1. The van der Waals surface area contributed by atoms with Gasteiger partial charge < -0.3 is 14.8 Å². The first-order chi connectivity index (χ1) is 12.0. The van der Waals surface area contributed by atoms with Gasteiger partial charge in [-0.15, -0.1) is 0 Å². The van der Waals surface area contributed by atoms with Gasteiger partial charge in [-0.2, -0.15) is 5.10 Å². The van der Waals surface area contributed by atoms with E-state index in [0.717, 1.165) is 5.56 Å². The molecular formula is C17H17BrFN3O3. The molecule has 0 aliphatic rings. The van der Waals surface area contributed by atoms with Crippen molar-refractivity contribution in [2.24, 2.45) is 5.10 Å². The Morgan fingerprint density at radius 2 is 1.96 bits per heavy atom. The molecule has 0 aliphatic carbocycles. The van der Waals surface area contributed by atoms with E-state index < -0.39 is 0 Å². The highest BCUT2D eigenvalue weighted by Crippen LogP contribution is 2.35. The predicted molar refractivity (Wildman–Crippen MR) is 97.9 cm³/mol. The van der Waals surface area contributed by atoms with E-state index in [9.17, 15) is 9.18 Å². The molecule has 0 unspecified atom stereocenters. The van der Waals surface area contributed by atoms with Gasteiger partial charge in [0.2, 0.25) is 0 Å². The highest BCUT2D eigenvalue weighted by Gasteiger charge is 2.09. The first kappa shape index (κ1) is 18.7. The van der Waals surface area contributed by atoms with Crippen LogP contribution in [0.25, 0.3) is 0 Å². The molecule has 0 spiro atoms. The highest BCUT2D eigenvalue weighted by atomic mass is 79.9. The van der Waals surface area contributed by atoms with E-state index in [1.165, 1.54) is 25.5 Å². The van der Waals surface area contributed by atoms with Crippen molar-refractivity contribution in [2.75, 3.05) is 26.1 Å². The lowest BCUT2D eigenvalue weighted by Crippen LogP contribution is -2.25. The summed E-state index contributed by atoms with van der Waals surface area (Å²) in [6.07, 6.45) is 1.49. The fourth-order valence-corrected chi connectivity index (χ4v) is 2.60. The van der Waals surface area contributed by atoms with Gasteiger partial charge in [-0.3, -0.25) is 4.79 Å². The van der Waals surface area contributed by atoms with Crippen LogP contribution in [0.5, 0.6) is 11.5 Å². The van der Waals surface area contributed by atoms with Crippen LogP contribution in [0, 0.1) is 5.82 Å². The summed E-state index contributed by atoms with van der Waals surface area (Å²) in [7, 11) is 3.08. The summed E-state index contributed by atoms with van der Waals surface area (Å²) in [5, 5.41) is 6.76. The van der Waals surface area contributed by atoms with Crippen LogP contribution in [-0.2, 0) is 4.79 Å². The van der Waals surface area contributed by atoms with Crippen LogP contribution < -0.4 is 20.2 Å². The fraction of sp³-hybridized carbons (Fsp3) is 0.176. The summed E-state index contributed by atoms with van der Waals surface area (Å²) < 4.78 is 24.0. The maximum atomic E-state index is 12.8. The van der Waals surface area contributed by atoms with E-state index in [1.807, 2.05) is 0 Å². The second kappa shape index (κ2) is 9.03. The molecule has 1 amide bonds. The maximum absolute atomic E-state index is 12.8. The number of hydrogen-bond acceptors (Lipinski definition) is 5. The van der Waals surface area contributed by atoms with Gasteiger partial charge in [0, 0.05) is 5.69 Å². The van der Waals surface area contributed by atoms with Crippen molar-refractivity contribution in [3.8, 4) is 11.5 Å². The number of anilines is 1. The molecule has 0 bridgehead atoms.